The summed E-state index contributed by atoms with van der Waals surface area (Å²) in [7, 11) is -5.24. The molecule has 33 heavy (non-hydrogen) atoms. The Hall–Kier alpha value is -1.38. The number of nitrogen functional groups attached to an aromatic ring is 1. The van der Waals surface area contributed by atoms with E-state index in [0.717, 1.165) is 0 Å². The second-order valence-electron chi connectivity index (χ2n) is 10.6. The third-order valence-electron chi connectivity index (χ3n) is 7.22. The van der Waals surface area contributed by atoms with Crippen LogP contribution in [0.2, 0.25) is 22.2 Å². The summed E-state index contributed by atoms with van der Waals surface area (Å²) < 4.78 is 29.7. The summed E-state index contributed by atoms with van der Waals surface area (Å²) in [6.45, 7) is 18.3. The van der Waals surface area contributed by atoms with Crippen LogP contribution in [0.25, 0.3) is 11.2 Å². The first-order valence-electron chi connectivity index (χ1n) is 12.1. The third kappa shape index (κ3) is 4.06. The quantitative estimate of drug-likeness (QED) is 0.600. The van der Waals surface area contributed by atoms with Crippen molar-refractivity contribution in [2.24, 2.45) is 0 Å². The molecule has 9 nitrogen and oxygen atoms in total. The summed E-state index contributed by atoms with van der Waals surface area (Å²) in [6.07, 6.45) is 3.31. The molecule has 4 heterocycles. The van der Waals surface area contributed by atoms with E-state index >= 15 is 0 Å². The Kier molecular flexibility index (Phi) is 6.75. The number of rotatable bonds is 5. The molecule has 2 aliphatic rings. The van der Waals surface area contributed by atoms with Gasteiger partial charge in [0.15, 0.2) is 11.5 Å². The zero-order valence-electron chi connectivity index (χ0n) is 21.1. The molecule has 0 aliphatic carbocycles. The van der Waals surface area contributed by atoms with Gasteiger partial charge in [-0.25, -0.2) is 15.0 Å². The van der Waals surface area contributed by atoms with Crippen molar-refractivity contribution in [2.75, 3.05) is 12.3 Å². The molecule has 2 aromatic heterocycles. The molecule has 0 spiro atoms. The van der Waals surface area contributed by atoms with Crippen LogP contribution in [0.15, 0.2) is 12.7 Å². The molecule has 2 saturated heterocycles. The number of aromatic nitrogens is 4. The van der Waals surface area contributed by atoms with Gasteiger partial charge in [-0.15, -0.1) is 0 Å². The van der Waals surface area contributed by atoms with Gasteiger partial charge < -0.3 is 23.4 Å². The van der Waals surface area contributed by atoms with E-state index in [1.54, 1.807) is 6.33 Å². The van der Waals surface area contributed by atoms with Crippen molar-refractivity contribution in [3.8, 4) is 0 Å². The Bertz CT molecular complexity index is 967. The lowest BCUT2D eigenvalue weighted by Crippen LogP contribution is -2.65. The van der Waals surface area contributed by atoms with Crippen molar-refractivity contribution < 1.29 is 17.7 Å². The van der Waals surface area contributed by atoms with Gasteiger partial charge in [0, 0.05) is 6.42 Å². The van der Waals surface area contributed by atoms with Gasteiger partial charge in [0.2, 0.25) is 0 Å². The van der Waals surface area contributed by atoms with Crippen LogP contribution in [0.5, 0.6) is 0 Å². The highest BCUT2D eigenvalue weighted by Gasteiger charge is 2.60. The van der Waals surface area contributed by atoms with E-state index in [4.69, 9.17) is 23.4 Å². The Morgan fingerprint density at radius 3 is 2.15 bits per heavy atom. The Balaban J connectivity index is 1.72. The van der Waals surface area contributed by atoms with Crippen molar-refractivity contribution >= 4 is 34.1 Å². The smallest absolute Gasteiger partial charge is 0.335 e. The summed E-state index contributed by atoms with van der Waals surface area (Å²) in [4.78, 5) is 12.9. The maximum Gasteiger partial charge on any atom is 0.335 e. The number of anilines is 1. The lowest BCUT2D eigenvalue weighted by molar-refractivity contribution is -0.0544. The molecule has 3 atom stereocenters. The molecule has 0 saturated carbocycles. The zero-order chi connectivity index (χ0) is 24.1. The summed E-state index contributed by atoms with van der Waals surface area (Å²) in [5.41, 5.74) is 8.42. The fraction of sp³-hybridized carbons (Fsp3) is 0.773. The van der Waals surface area contributed by atoms with E-state index in [2.05, 4.69) is 70.3 Å². The van der Waals surface area contributed by atoms with Crippen LogP contribution < -0.4 is 5.73 Å². The topological polar surface area (TPSA) is 107 Å². The van der Waals surface area contributed by atoms with Crippen molar-refractivity contribution in [3.63, 3.8) is 0 Å². The van der Waals surface area contributed by atoms with Gasteiger partial charge in [-0.05, 0) is 22.2 Å². The predicted molar refractivity (Wildman–Crippen MR) is 132 cm³/mol. The zero-order valence-corrected chi connectivity index (χ0v) is 23.1. The fourth-order valence-electron chi connectivity index (χ4n) is 5.39. The minimum Gasteiger partial charge on any atom is -0.414 e. The van der Waals surface area contributed by atoms with E-state index in [-0.39, 0.29) is 29.5 Å². The monoisotopic (exact) mass is 493 g/mol. The molecule has 4 rings (SSSR count). The first-order valence-corrected chi connectivity index (χ1v) is 16.1. The molecule has 0 amide bonds. The second kappa shape index (κ2) is 9.01. The van der Waals surface area contributed by atoms with Gasteiger partial charge in [0.1, 0.15) is 24.2 Å². The normalized spacial score (nSPS) is 27.5. The molecule has 0 unspecified atom stereocenters. The number of nitrogens with zero attached hydrogens (tertiary/aromatic N) is 4. The average molecular weight is 494 g/mol. The summed E-state index contributed by atoms with van der Waals surface area (Å²) in [6, 6.07) is 0. The SMILES string of the molecule is CC(C)[Si]1(C(C)C)OC[C@H]2O[C@H](n3cnc4c(N)ncnc43)C[C@@H]2O[Si](C(C)C)(C(C)C)O1. The Morgan fingerprint density at radius 2 is 1.55 bits per heavy atom. The summed E-state index contributed by atoms with van der Waals surface area (Å²) in [5, 5.41) is 0. The highest BCUT2D eigenvalue weighted by molar-refractivity contribution is 6.83. The van der Waals surface area contributed by atoms with E-state index in [1.807, 2.05) is 4.57 Å². The molecule has 2 aromatic rings. The lowest BCUT2D eigenvalue weighted by Gasteiger charge is -2.51. The highest BCUT2D eigenvalue weighted by Crippen LogP contribution is 2.48. The van der Waals surface area contributed by atoms with E-state index in [1.165, 1.54) is 6.33 Å². The van der Waals surface area contributed by atoms with Crippen molar-refractivity contribution in [1.29, 1.82) is 0 Å². The van der Waals surface area contributed by atoms with Crippen LogP contribution in [-0.4, -0.2) is 55.5 Å². The van der Waals surface area contributed by atoms with Crippen molar-refractivity contribution in [1.82, 2.24) is 19.5 Å². The molecular formula is C22H39N5O4Si2. The van der Waals surface area contributed by atoms with Gasteiger partial charge in [0.05, 0.1) is 19.0 Å². The van der Waals surface area contributed by atoms with Crippen LogP contribution in [0.1, 0.15) is 68.0 Å². The van der Waals surface area contributed by atoms with E-state index in [9.17, 15) is 0 Å². The van der Waals surface area contributed by atoms with Crippen molar-refractivity contribution in [2.45, 2.75) is 102 Å². The standard InChI is InChI=1S/C22H39N5O4Si2/c1-13(2)32(14(3)4)28-10-18-17(30-33(31-32,15(5)6)16(7)8)9-19(29-18)27-12-26-20-21(23)24-11-25-22(20)27/h11-19H,9-10H2,1-8H3,(H2,23,24,25)/t17-,18+,19-/m0/s1. The number of hydrogen-bond acceptors (Lipinski definition) is 8. The molecule has 0 aromatic carbocycles. The molecule has 2 aliphatic heterocycles. The maximum absolute atomic E-state index is 7.25. The molecule has 0 radical (unpaired) electrons. The summed E-state index contributed by atoms with van der Waals surface area (Å²) in [5.74, 6) is 0.367. The van der Waals surface area contributed by atoms with E-state index < -0.39 is 17.1 Å². The van der Waals surface area contributed by atoms with Gasteiger partial charge >= 0.3 is 17.1 Å². The summed E-state index contributed by atoms with van der Waals surface area (Å²) >= 11 is 0. The predicted octanol–water partition coefficient (Wildman–Crippen LogP) is 4.65. The third-order valence-corrected chi connectivity index (χ3v) is 17.5. The number of hydrogen-bond donors (Lipinski definition) is 1. The highest BCUT2D eigenvalue weighted by atomic mass is 28.5. The van der Waals surface area contributed by atoms with Crippen LogP contribution in [0.3, 0.4) is 0 Å². The van der Waals surface area contributed by atoms with Crippen LogP contribution >= 0.6 is 0 Å². The van der Waals surface area contributed by atoms with Gasteiger partial charge in [0.25, 0.3) is 0 Å². The number of fused-ring (bicyclic) bond motifs is 2. The molecular weight excluding hydrogens is 454 g/mol. The Labute approximate surface area is 198 Å². The lowest BCUT2D eigenvalue weighted by atomic mass is 10.2. The molecule has 11 heteroatoms. The minimum absolute atomic E-state index is 0.116. The molecule has 0 bridgehead atoms. The molecule has 2 fully saturated rings. The average Bonchev–Trinajstić information content (AvgIpc) is 3.32. The van der Waals surface area contributed by atoms with Gasteiger partial charge in [-0.2, -0.15) is 0 Å². The first kappa shape index (κ1) is 24.7. The first-order chi connectivity index (χ1) is 15.5. The van der Waals surface area contributed by atoms with Gasteiger partial charge in [-0.1, -0.05) is 55.4 Å². The van der Waals surface area contributed by atoms with Crippen LogP contribution in [-0.2, 0) is 17.7 Å². The molecule has 184 valence electrons. The second-order valence-corrected chi connectivity index (χ2v) is 19.4. The number of imidazole rings is 1. The van der Waals surface area contributed by atoms with Crippen LogP contribution in [0.4, 0.5) is 5.82 Å². The van der Waals surface area contributed by atoms with Crippen molar-refractivity contribution in [3.05, 3.63) is 12.7 Å². The fourth-order valence-corrected chi connectivity index (χ4v) is 16.6. The van der Waals surface area contributed by atoms with Crippen LogP contribution in [0, 0.1) is 0 Å². The van der Waals surface area contributed by atoms with E-state index in [0.29, 0.717) is 41.1 Å². The number of nitrogens with two attached hydrogens (primary N) is 1. The maximum atomic E-state index is 7.25. The largest absolute Gasteiger partial charge is 0.414 e. The Morgan fingerprint density at radius 1 is 0.909 bits per heavy atom. The number of ether oxygens (including phenoxy) is 1. The van der Waals surface area contributed by atoms with Gasteiger partial charge in [-0.3, -0.25) is 4.57 Å². The minimum atomic E-state index is -2.66. The molecule has 2 N–H and O–H groups in total.